The van der Waals surface area contributed by atoms with Gasteiger partial charge in [0.25, 0.3) is 0 Å². The highest BCUT2D eigenvalue weighted by Gasteiger charge is 2.09. The molecular weight excluding hydrogens is 372 g/mol. The minimum atomic E-state index is 0.0365. The standard InChI is InChI=1S/C26H28N2O2/c1-19(2)29-25(21-11-7-5-8-12-21)27-23-15-17-24(18-16-23)28-26(30-20(3)4)22-13-9-6-10-14-22/h5-20H,1-4H3/b27-25-,28-26-. The summed E-state index contributed by atoms with van der Waals surface area (Å²) in [5, 5.41) is 0. The summed E-state index contributed by atoms with van der Waals surface area (Å²) < 4.78 is 11.9. The first-order valence-corrected chi connectivity index (χ1v) is 10.2. The van der Waals surface area contributed by atoms with Gasteiger partial charge in [-0.3, -0.25) is 0 Å². The van der Waals surface area contributed by atoms with Crippen molar-refractivity contribution in [3.05, 3.63) is 96.1 Å². The first-order valence-electron chi connectivity index (χ1n) is 10.2. The largest absolute Gasteiger partial charge is 0.475 e. The van der Waals surface area contributed by atoms with Crippen molar-refractivity contribution in [1.82, 2.24) is 0 Å². The van der Waals surface area contributed by atoms with Gasteiger partial charge >= 0.3 is 0 Å². The maximum absolute atomic E-state index is 5.94. The minimum Gasteiger partial charge on any atom is -0.475 e. The zero-order chi connectivity index (χ0) is 21.3. The average Bonchev–Trinajstić information content (AvgIpc) is 2.75. The van der Waals surface area contributed by atoms with Crippen LogP contribution in [-0.4, -0.2) is 24.0 Å². The van der Waals surface area contributed by atoms with Crippen LogP contribution >= 0.6 is 0 Å². The Bertz CT molecular complexity index is 894. The van der Waals surface area contributed by atoms with Crippen LogP contribution in [0.15, 0.2) is 94.9 Å². The van der Waals surface area contributed by atoms with Crippen LogP contribution < -0.4 is 0 Å². The van der Waals surface area contributed by atoms with Crippen molar-refractivity contribution in [2.24, 2.45) is 9.98 Å². The van der Waals surface area contributed by atoms with E-state index in [0.29, 0.717) is 11.8 Å². The highest BCUT2D eigenvalue weighted by molar-refractivity contribution is 5.97. The molecule has 3 aromatic rings. The fourth-order valence-electron chi connectivity index (χ4n) is 2.76. The van der Waals surface area contributed by atoms with E-state index in [1.807, 2.05) is 113 Å². The summed E-state index contributed by atoms with van der Waals surface area (Å²) in [6, 6.07) is 27.6. The van der Waals surface area contributed by atoms with Gasteiger partial charge in [0, 0.05) is 11.1 Å². The minimum absolute atomic E-state index is 0.0365. The monoisotopic (exact) mass is 400 g/mol. The lowest BCUT2D eigenvalue weighted by molar-refractivity contribution is 0.229. The van der Waals surface area contributed by atoms with Gasteiger partial charge in [0.05, 0.1) is 23.6 Å². The lowest BCUT2D eigenvalue weighted by Crippen LogP contribution is -2.12. The molecule has 0 aromatic heterocycles. The molecular formula is C26H28N2O2. The van der Waals surface area contributed by atoms with Crippen molar-refractivity contribution in [2.75, 3.05) is 0 Å². The third kappa shape index (κ3) is 6.31. The molecule has 0 heterocycles. The quantitative estimate of drug-likeness (QED) is 0.341. The van der Waals surface area contributed by atoms with Gasteiger partial charge in [-0.1, -0.05) is 36.4 Å². The van der Waals surface area contributed by atoms with Crippen LogP contribution in [0, 0.1) is 0 Å². The molecule has 30 heavy (non-hydrogen) atoms. The fourth-order valence-corrected chi connectivity index (χ4v) is 2.76. The van der Waals surface area contributed by atoms with Crippen LogP contribution in [0.3, 0.4) is 0 Å². The van der Waals surface area contributed by atoms with E-state index < -0.39 is 0 Å². The Morgan fingerprint density at radius 1 is 0.533 bits per heavy atom. The van der Waals surface area contributed by atoms with E-state index in [2.05, 4.69) is 0 Å². The van der Waals surface area contributed by atoms with Gasteiger partial charge in [0.2, 0.25) is 11.8 Å². The van der Waals surface area contributed by atoms with Crippen LogP contribution in [-0.2, 0) is 9.47 Å². The second-order valence-electron chi connectivity index (χ2n) is 7.42. The SMILES string of the molecule is CC(C)O/C(=N\c1ccc(/N=C(\OC(C)C)c2ccccc2)cc1)c1ccccc1. The number of nitrogens with zero attached hydrogens (tertiary/aromatic N) is 2. The topological polar surface area (TPSA) is 43.2 Å². The van der Waals surface area contributed by atoms with Crippen molar-refractivity contribution in [1.29, 1.82) is 0 Å². The Morgan fingerprint density at radius 3 is 1.17 bits per heavy atom. The van der Waals surface area contributed by atoms with Gasteiger partial charge in [-0.05, 0) is 76.2 Å². The molecule has 0 saturated heterocycles. The summed E-state index contributed by atoms with van der Waals surface area (Å²) in [6.45, 7) is 7.98. The summed E-state index contributed by atoms with van der Waals surface area (Å²) in [4.78, 5) is 9.42. The average molecular weight is 401 g/mol. The molecule has 0 unspecified atom stereocenters. The van der Waals surface area contributed by atoms with E-state index in [1.54, 1.807) is 0 Å². The molecule has 3 rings (SSSR count). The number of hydrogen-bond donors (Lipinski definition) is 0. The Balaban J connectivity index is 1.88. The second kappa shape index (κ2) is 10.4. The van der Waals surface area contributed by atoms with E-state index in [0.717, 1.165) is 22.5 Å². The highest BCUT2D eigenvalue weighted by atomic mass is 16.5. The smallest absolute Gasteiger partial charge is 0.221 e. The van der Waals surface area contributed by atoms with Crippen molar-refractivity contribution in [3.8, 4) is 0 Å². The molecule has 0 spiro atoms. The van der Waals surface area contributed by atoms with Gasteiger partial charge in [0.15, 0.2) is 0 Å². The van der Waals surface area contributed by atoms with Gasteiger partial charge in [-0.2, -0.15) is 0 Å². The maximum atomic E-state index is 5.94. The number of rotatable bonds is 6. The van der Waals surface area contributed by atoms with Crippen molar-refractivity contribution in [3.63, 3.8) is 0 Å². The number of ether oxygens (including phenoxy) is 2. The summed E-state index contributed by atoms with van der Waals surface area (Å²) in [5.41, 5.74) is 3.51. The summed E-state index contributed by atoms with van der Waals surface area (Å²) in [7, 11) is 0. The molecule has 0 saturated carbocycles. The van der Waals surface area contributed by atoms with E-state index in [4.69, 9.17) is 19.5 Å². The second-order valence-corrected chi connectivity index (χ2v) is 7.42. The predicted molar refractivity (Wildman–Crippen MR) is 124 cm³/mol. The van der Waals surface area contributed by atoms with Crippen LogP contribution in [0.25, 0.3) is 0 Å². The van der Waals surface area contributed by atoms with Crippen LogP contribution in [0.5, 0.6) is 0 Å². The molecule has 0 N–H and O–H groups in total. The van der Waals surface area contributed by atoms with Crippen molar-refractivity contribution >= 4 is 23.2 Å². The van der Waals surface area contributed by atoms with Gasteiger partial charge in [0.1, 0.15) is 0 Å². The van der Waals surface area contributed by atoms with Gasteiger partial charge in [-0.25, -0.2) is 9.98 Å². The molecule has 0 aliphatic heterocycles. The van der Waals surface area contributed by atoms with Crippen LogP contribution in [0.1, 0.15) is 38.8 Å². The molecule has 0 bridgehead atoms. The normalized spacial score (nSPS) is 12.3. The van der Waals surface area contributed by atoms with Gasteiger partial charge in [-0.15, -0.1) is 0 Å². The molecule has 3 aromatic carbocycles. The third-order valence-electron chi connectivity index (χ3n) is 4.05. The first-order chi connectivity index (χ1) is 14.5. The van der Waals surface area contributed by atoms with E-state index in [1.165, 1.54) is 0 Å². The Morgan fingerprint density at radius 2 is 0.867 bits per heavy atom. The highest BCUT2D eigenvalue weighted by Crippen LogP contribution is 2.22. The van der Waals surface area contributed by atoms with Crippen molar-refractivity contribution in [2.45, 2.75) is 39.9 Å². The molecule has 4 nitrogen and oxygen atoms in total. The molecule has 0 amide bonds. The molecule has 0 fully saturated rings. The van der Waals surface area contributed by atoms with E-state index >= 15 is 0 Å². The summed E-state index contributed by atoms with van der Waals surface area (Å²) >= 11 is 0. The van der Waals surface area contributed by atoms with Gasteiger partial charge < -0.3 is 9.47 Å². The third-order valence-corrected chi connectivity index (χ3v) is 4.05. The summed E-state index contributed by atoms with van der Waals surface area (Å²) in [6.07, 6.45) is 0.0730. The van der Waals surface area contributed by atoms with E-state index in [-0.39, 0.29) is 12.2 Å². The zero-order valence-electron chi connectivity index (χ0n) is 17.9. The number of aliphatic imine (C=N–C) groups is 2. The molecule has 0 aliphatic rings. The predicted octanol–water partition coefficient (Wildman–Crippen LogP) is 6.69. The Kier molecular flexibility index (Phi) is 7.39. The lowest BCUT2D eigenvalue weighted by atomic mass is 10.2. The number of hydrogen-bond acceptors (Lipinski definition) is 4. The Labute approximate surface area is 178 Å². The first kappa shape index (κ1) is 21.3. The molecule has 0 radical (unpaired) electrons. The number of benzene rings is 3. The molecule has 4 heteroatoms. The van der Waals surface area contributed by atoms with E-state index in [9.17, 15) is 0 Å². The lowest BCUT2D eigenvalue weighted by Gasteiger charge is -2.13. The van der Waals surface area contributed by atoms with Crippen LogP contribution in [0.4, 0.5) is 11.4 Å². The maximum Gasteiger partial charge on any atom is 0.221 e. The van der Waals surface area contributed by atoms with Crippen molar-refractivity contribution < 1.29 is 9.47 Å². The molecule has 0 aliphatic carbocycles. The zero-order valence-corrected chi connectivity index (χ0v) is 17.9. The summed E-state index contributed by atoms with van der Waals surface area (Å²) in [5.74, 6) is 1.21. The molecule has 154 valence electrons. The van der Waals surface area contributed by atoms with Crippen LogP contribution in [0.2, 0.25) is 0 Å². The molecule has 0 atom stereocenters. The Hall–Kier alpha value is -3.40. The fraction of sp³-hybridized carbons (Fsp3) is 0.231.